The Morgan fingerprint density at radius 3 is 2.50 bits per heavy atom. The molecule has 9 heteroatoms. The molecule has 0 unspecified atom stereocenters. The summed E-state index contributed by atoms with van der Waals surface area (Å²) in [7, 11) is 0. The van der Waals surface area contributed by atoms with Gasteiger partial charge in [-0.2, -0.15) is 13.2 Å². The van der Waals surface area contributed by atoms with Crippen LogP contribution in [0.2, 0.25) is 0 Å². The molecule has 0 aromatic heterocycles. The van der Waals surface area contributed by atoms with Crippen LogP contribution in [0.3, 0.4) is 0 Å². The molecule has 0 N–H and O–H groups in total. The van der Waals surface area contributed by atoms with Crippen molar-refractivity contribution in [2.75, 3.05) is 32.9 Å². The van der Waals surface area contributed by atoms with E-state index in [0.717, 1.165) is 56.5 Å². The van der Waals surface area contributed by atoms with Crippen LogP contribution in [0.5, 0.6) is 0 Å². The number of amides is 1. The highest BCUT2D eigenvalue weighted by Crippen LogP contribution is 2.51. The molecule has 1 spiro atoms. The van der Waals surface area contributed by atoms with Gasteiger partial charge in [0.2, 0.25) is 5.91 Å². The maximum atomic E-state index is 13.1. The molecule has 200 valence electrons. The first-order valence-corrected chi connectivity index (χ1v) is 13.3. The molecular weight excluding hydrogens is 474 g/mol. The van der Waals surface area contributed by atoms with Crippen LogP contribution in [0.15, 0.2) is 24.3 Å². The smallest absolute Gasteiger partial charge is 0.353 e. The van der Waals surface area contributed by atoms with Gasteiger partial charge in [-0.1, -0.05) is 26.0 Å². The summed E-state index contributed by atoms with van der Waals surface area (Å²) in [5.74, 6) is 0.774. The molecule has 3 saturated heterocycles. The van der Waals surface area contributed by atoms with E-state index in [4.69, 9.17) is 4.74 Å². The third-order valence-corrected chi connectivity index (χ3v) is 8.94. The zero-order valence-corrected chi connectivity index (χ0v) is 21.1. The van der Waals surface area contributed by atoms with E-state index >= 15 is 0 Å². The summed E-state index contributed by atoms with van der Waals surface area (Å²) in [6.45, 7) is 7.01. The number of alkyl halides is 4. The number of benzene rings is 1. The first-order valence-electron chi connectivity index (χ1n) is 13.3. The van der Waals surface area contributed by atoms with E-state index in [1.54, 1.807) is 12.1 Å². The summed E-state index contributed by atoms with van der Waals surface area (Å²) in [6.07, 6.45) is -0.459. The second kappa shape index (κ2) is 9.87. The Kier molecular flexibility index (Phi) is 7.11. The Hall–Kier alpha value is -1.71. The Labute approximate surface area is 210 Å². The number of piperidine rings is 1. The topological polar surface area (TPSA) is 36.0 Å². The van der Waals surface area contributed by atoms with Crippen molar-refractivity contribution in [2.45, 2.75) is 82.5 Å². The van der Waals surface area contributed by atoms with Gasteiger partial charge in [0.05, 0.1) is 18.2 Å². The van der Waals surface area contributed by atoms with Gasteiger partial charge in [-0.3, -0.25) is 14.6 Å². The molecule has 3 heterocycles. The van der Waals surface area contributed by atoms with Crippen molar-refractivity contribution in [3.8, 4) is 0 Å². The summed E-state index contributed by atoms with van der Waals surface area (Å²) >= 11 is 0. The van der Waals surface area contributed by atoms with Crippen LogP contribution in [0.1, 0.15) is 57.1 Å². The van der Waals surface area contributed by atoms with Crippen LogP contribution in [0, 0.1) is 11.8 Å². The second-order valence-corrected chi connectivity index (χ2v) is 11.4. The maximum absolute atomic E-state index is 13.1. The van der Waals surface area contributed by atoms with Gasteiger partial charge in [-0.15, -0.1) is 0 Å². The fourth-order valence-corrected chi connectivity index (χ4v) is 6.94. The molecule has 0 radical (unpaired) electrons. The van der Waals surface area contributed by atoms with Gasteiger partial charge < -0.3 is 9.64 Å². The van der Waals surface area contributed by atoms with Crippen LogP contribution in [0.25, 0.3) is 0 Å². The molecule has 5 rings (SSSR count). The highest BCUT2D eigenvalue weighted by atomic mass is 19.4. The number of nitrogens with zero attached hydrogens (tertiary/aromatic N) is 3. The molecule has 1 aromatic rings. The summed E-state index contributed by atoms with van der Waals surface area (Å²) in [6, 6.07) is 6.06. The van der Waals surface area contributed by atoms with Crippen molar-refractivity contribution in [1.29, 1.82) is 0 Å². The van der Waals surface area contributed by atoms with Crippen LogP contribution < -0.4 is 0 Å². The van der Waals surface area contributed by atoms with Gasteiger partial charge in [0.15, 0.2) is 0 Å². The molecule has 0 bridgehead atoms. The van der Waals surface area contributed by atoms with Gasteiger partial charge in [-0.25, -0.2) is 4.39 Å². The number of carbonyl (C=O) groups is 1. The third kappa shape index (κ3) is 4.67. The molecule has 1 aliphatic carbocycles. The van der Waals surface area contributed by atoms with Gasteiger partial charge in [0.25, 0.3) is 0 Å². The molecule has 1 aromatic carbocycles. The summed E-state index contributed by atoms with van der Waals surface area (Å²) < 4.78 is 58.5. The number of ether oxygens (including phenoxy) is 1. The van der Waals surface area contributed by atoms with Gasteiger partial charge in [0, 0.05) is 50.6 Å². The monoisotopic (exact) mass is 511 g/mol. The normalized spacial score (nSPS) is 31.6. The first-order chi connectivity index (χ1) is 17.1. The Bertz CT molecular complexity index is 934. The number of rotatable bonds is 7. The number of hydrogen-bond acceptors (Lipinski definition) is 4. The lowest BCUT2D eigenvalue weighted by Crippen LogP contribution is -2.66. The van der Waals surface area contributed by atoms with E-state index in [9.17, 15) is 22.4 Å². The van der Waals surface area contributed by atoms with Gasteiger partial charge in [-0.05, 0) is 49.3 Å². The third-order valence-electron chi connectivity index (χ3n) is 8.94. The Morgan fingerprint density at radius 1 is 1.14 bits per heavy atom. The number of hydrogen-bond donors (Lipinski definition) is 0. The fraction of sp³-hybridized carbons (Fsp3) is 0.741. The standard InChI is InChI=1S/C27H37F4N3O2/c1-18(2)24-17-36-26-10-9-22(13-21(26)7-8-25(35)34(24)26)33(23-15-32(16-23)12-11-28)14-19-3-5-20(6-4-19)27(29,30)31/h3-6,18,21-24H,7-17H2,1-2H3/t21-,22+,24-,26-/m1/s1. The Morgan fingerprint density at radius 2 is 1.86 bits per heavy atom. The zero-order chi connectivity index (χ0) is 25.7. The molecule has 1 amide bonds. The van der Waals surface area contributed by atoms with Crippen LogP contribution in [-0.2, 0) is 22.3 Å². The molecule has 36 heavy (non-hydrogen) atoms. The van der Waals surface area contributed by atoms with Crippen molar-refractivity contribution in [1.82, 2.24) is 14.7 Å². The molecular formula is C27H37F4N3O2. The summed E-state index contributed by atoms with van der Waals surface area (Å²) in [4.78, 5) is 19.6. The molecule has 5 nitrogen and oxygen atoms in total. The highest BCUT2D eigenvalue weighted by Gasteiger charge is 2.59. The SMILES string of the molecule is CC(C)[C@H]1CO[C@]23CC[C@H](N(Cc4ccc(C(F)(F)F)cc4)C4CN(CCF)C4)C[C@H]2CCC(=O)N13. The predicted molar refractivity (Wildman–Crippen MR) is 128 cm³/mol. The number of carbonyl (C=O) groups excluding carboxylic acids is 1. The average molecular weight is 512 g/mol. The Balaban J connectivity index is 1.34. The van der Waals surface area contributed by atoms with Crippen LogP contribution >= 0.6 is 0 Å². The van der Waals surface area contributed by atoms with E-state index in [1.165, 1.54) is 0 Å². The van der Waals surface area contributed by atoms with Gasteiger partial charge in [0.1, 0.15) is 12.4 Å². The maximum Gasteiger partial charge on any atom is 0.416 e. The molecule has 4 aliphatic rings. The minimum atomic E-state index is -4.35. The quantitative estimate of drug-likeness (QED) is 0.497. The van der Waals surface area contributed by atoms with Crippen LogP contribution in [-0.4, -0.2) is 77.4 Å². The highest BCUT2D eigenvalue weighted by molar-refractivity contribution is 5.78. The van der Waals surface area contributed by atoms with E-state index < -0.39 is 17.5 Å². The average Bonchev–Trinajstić information content (AvgIpc) is 3.21. The van der Waals surface area contributed by atoms with Crippen molar-refractivity contribution in [3.05, 3.63) is 35.4 Å². The lowest BCUT2D eigenvalue weighted by atomic mass is 9.72. The minimum Gasteiger partial charge on any atom is -0.353 e. The van der Waals surface area contributed by atoms with Crippen molar-refractivity contribution < 1.29 is 27.1 Å². The molecule has 4 fully saturated rings. The molecule has 1 saturated carbocycles. The van der Waals surface area contributed by atoms with E-state index in [2.05, 4.69) is 28.5 Å². The van der Waals surface area contributed by atoms with Crippen molar-refractivity contribution in [2.24, 2.45) is 11.8 Å². The summed E-state index contributed by atoms with van der Waals surface area (Å²) in [5, 5.41) is 0. The largest absolute Gasteiger partial charge is 0.416 e. The van der Waals surface area contributed by atoms with Crippen LogP contribution in [0.4, 0.5) is 17.6 Å². The van der Waals surface area contributed by atoms with E-state index in [0.29, 0.717) is 32.0 Å². The second-order valence-electron chi connectivity index (χ2n) is 11.4. The fourth-order valence-electron chi connectivity index (χ4n) is 6.94. The van der Waals surface area contributed by atoms with E-state index in [1.807, 2.05) is 0 Å². The summed E-state index contributed by atoms with van der Waals surface area (Å²) in [5.41, 5.74) is -0.300. The molecule has 4 atom stereocenters. The minimum absolute atomic E-state index is 0.112. The van der Waals surface area contributed by atoms with Gasteiger partial charge >= 0.3 is 6.18 Å². The van der Waals surface area contributed by atoms with E-state index in [-0.39, 0.29) is 36.6 Å². The lowest BCUT2D eigenvalue weighted by molar-refractivity contribution is -0.194. The number of halogens is 4. The first kappa shape index (κ1) is 25.9. The number of likely N-dealkylation sites (tertiary alicyclic amines) is 1. The van der Waals surface area contributed by atoms with Crippen molar-refractivity contribution in [3.63, 3.8) is 0 Å². The zero-order valence-electron chi connectivity index (χ0n) is 21.1. The van der Waals surface area contributed by atoms with Crippen molar-refractivity contribution >= 4 is 5.91 Å². The molecule has 3 aliphatic heterocycles. The lowest BCUT2D eigenvalue weighted by Gasteiger charge is -2.56. The predicted octanol–water partition coefficient (Wildman–Crippen LogP) is 4.70.